The largest absolute Gasteiger partial charge is 0.356 e. The van der Waals surface area contributed by atoms with Gasteiger partial charge in [0, 0.05) is 53.5 Å². The van der Waals surface area contributed by atoms with E-state index in [1.807, 2.05) is 25.7 Å². The maximum Gasteiger partial charge on any atom is 0.222 e. The topological polar surface area (TPSA) is 69.7 Å². The minimum atomic E-state index is 0.0926. The lowest BCUT2D eigenvalue weighted by Crippen LogP contribution is -2.32. The molecule has 0 heterocycles. The molecule has 0 aromatic carbocycles. The number of amides is 3. The summed E-state index contributed by atoms with van der Waals surface area (Å²) >= 11 is 0. The standard InChI is InChI=1S/C10H21NO.C5H11NO.C4H9NO/c1-4-7-10(12)11(8-5-2)9-6-3;1-3-5(7)6-4-2;1-4(6)5(2)3/h4-9H2,1-3H3;3-4H2,1-2H3,(H,6,7);1-3H3. The van der Waals surface area contributed by atoms with Crippen LogP contribution in [-0.4, -0.2) is 61.3 Å². The first kappa shape index (κ1) is 28.2. The van der Waals surface area contributed by atoms with Crippen molar-refractivity contribution < 1.29 is 14.4 Å². The molecule has 0 rings (SSSR count). The predicted molar refractivity (Wildman–Crippen MR) is 105 cm³/mol. The van der Waals surface area contributed by atoms with Gasteiger partial charge in [-0.25, -0.2) is 0 Å². The summed E-state index contributed by atoms with van der Waals surface area (Å²) < 4.78 is 0. The second kappa shape index (κ2) is 20.5. The van der Waals surface area contributed by atoms with E-state index >= 15 is 0 Å². The lowest BCUT2D eigenvalue weighted by Gasteiger charge is -2.20. The monoisotopic (exact) mass is 359 g/mol. The van der Waals surface area contributed by atoms with Crippen LogP contribution >= 0.6 is 0 Å². The highest BCUT2D eigenvalue weighted by Crippen LogP contribution is 2.00. The van der Waals surface area contributed by atoms with Crippen LogP contribution in [0.4, 0.5) is 0 Å². The Hall–Kier alpha value is -1.59. The van der Waals surface area contributed by atoms with E-state index in [1.165, 1.54) is 11.8 Å². The number of rotatable bonds is 8. The summed E-state index contributed by atoms with van der Waals surface area (Å²) in [5.74, 6) is 0.540. The summed E-state index contributed by atoms with van der Waals surface area (Å²) in [5.41, 5.74) is 0. The Kier molecular flexibility index (Phi) is 23.1. The molecule has 0 radical (unpaired) electrons. The van der Waals surface area contributed by atoms with Crippen molar-refractivity contribution in [1.82, 2.24) is 15.1 Å². The quantitative estimate of drug-likeness (QED) is 0.724. The molecule has 0 fully saturated rings. The van der Waals surface area contributed by atoms with Crippen molar-refractivity contribution >= 4 is 17.7 Å². The fourth-order valence-electron chi connectivity index (χ4n) is 1.60. The van der Waals surface area contributed by atoms with Crippen LogP contribution in [0.15, 0.2) is 0 Å². The van der Waals surface area contributed by atoms with Crippen molar-refractivity contribution in [3.05, 3.63) is 0 Å². The number of carbonyl (C=O) groups excluding carboxylic acids is 3. The molecule has 0 aromatic heterocycles. The summed E-state index contributed by atoms with van der Waals surface area (Å²) in [4.78, 5) is 35.3. The highest BCUT2D eigenvalue weighted by atomic mass is 16.2. The zero-order valence-corrected chi connectivity index (χ0v) is 17.8. The van der Waals surface area contributed by atoms with Gasteiger partial charge in [0.05, 0.1) is 0 Å². The zero-order valence-electron chi connectivity index (χ0n) is 17.8. The summed E-state index contributed by atoms with van der Waals surface area (Å²) in [6, 6.07) is 0. The van der Waals surface area contributed by atoms with E-state index in [0.29, 0.717) is 18.7 Å². The van der Waals surface area contributed by atoms with Gasteiger partial charge in [-0.1, -0.05) is 27.7 Å². The van der Waals surface area contributed by atoms with Gasteiger partial charge in [0.25, 0.3) is 0 Å². The first-order chi connectivity index (χ1) is 11.7. The van der Waals surface area contributed by atoms with Crippen molar-refractivity contribution in [1.29, 1.82) is 0 Å². The third-order valence-electron chi connectivity index (χ3n) is 3.13. The fourth-order valence-corrected chi connectivity index (χ4v) is 1.60. The number of nitrogens with one attached hydrogen (secondary N) is 1. The molecule has 0 aliphatic carbocycles. The van der Waals surface area contributed by atoms with Crippen LogP contribution in [-0.2, 0) is 14.4 Å². The Morgan fingerprint density at radius 1 is 0.840 bits per heavy atom. The second-order valence-electron chi connectivity index (χ2n) is 5.85. The number of nitrogens with zero attached hydrogens (tertiary/aromatic N) is 2. The van der Waals surface area contributed by atoms with Crippen molar-refractivity contribution in [2.45, 2.75) is 73.6 Å². The molecule has 25 heavy (non-hydrogen) atoms. The molecule has 0 saturated heterocycles. The van der Waals surface area contributed by atoms with Gasteiger partial charge in [0.1, 0.15) is 0 Å². The normalized spacial score (nSPS) is 8.96. The zero-order chi connectivity index (χ0) is 20.3. The average molecular weight is 360 g/mol. The van der Waals surface area contributed by atoms with Crippen LogP contribution in [0.5, 0.6) is 0 Å². The first-order valence-electron chi connectivity index (χ1n) is 9.43. The molecular weight excluding hydrogens is 318 g/mol. The Morgan fingerprint density at radius 2 is 1.28 bits per heavy atom. The maximum atomic E-state index is 11.4. The van der Waals surface area contributed by atoms with Gasteiger partial charge in [-0.3, -0.25) is 14.4 Å². The highest BCUT2D eigenvalue weighted by Gasteiger charge is 2.09. The number of carbonyl (C=O) groups is 3. The van der Waals surface area contributed by atoms with Gasteiger partial charge in [0.2, 0.25) is 17.7 Å². The molecule has 0 spiro atoms. The molecule has 3 amide bonds. The van der Waals surface area contributed by atoms with Crippen molar-refractivity contribution in [2.24, 2.45) is 0 Å². The molecule has 150 valence electrons. The summed E-state index contributed by atoms with van der Waals surface area (Å²) in [6.45, 7) is 14.1. The van der Waals surface area contributed by atoms with Crippen molar-refractivity contribution in [3.8, 4) is 0 Å². The highest BCUT2D eigenvalue weighted by molar-refractivity contribution is 5.76. The molecular formula is C19H41N3O3. The van der Waals surface area contributed by atoms with Crippen LogP contribution in [0.3, 0.4) is 0 Å². The molecule has 0 saturated carbocycles. The maximum absolute atomic E-state index is 11.4. The van der Waals surface area contributed by atoms with E-state index in [1.54, 1.807) is 14.1 Å². The van der Waals surface area contributed by atoms with Gasteiger partial charge < -0.3 is 15.1 Å². The first-order valence-corrected chi connectivity index (χ1v) is 9.43. The molecule has 0 aliphatic heterocycles. The Labute approximate surface area is 155 Å². The number of hydrogen-bond acceptors (Lipinski definition) is 3. The van der Waals surface area contributed by atoms with Gasteiger partial charge in [-0.05, 0) is 26.2 Å². The lowest BCUT2D eigenvalue weighted by molar-refractivity contribution is -0.131. The van der Waals surface area contributed by atoms with Gasteiger partial charge in [-0.2, -0.15) is 0 Å². The molecule has 0 bridgehead atoms. The lowest BCUT2D eigenvalue weighted by atomic mass is 10.2. The van der Waals surface area contributed by atoms with Gasteiger partial charge in [0.15, 0.2) is 0 Å². The van der Waals surface area contributed by atoms with Crippen LogP contribution in [0, 0.1) is 0 Å². The summed E-state index contributed by atoms with van der Waals surface area (Å²) in [5, 5.41) is 2.66. The van der Waals surface area contributed by atoms with Crippen LogP contribution < -0.4 is 5.32 Å². The molecule has 6 nitrogen and oxygen atoms in total. The van der Waals surface area contributed by atoms with E-state index < -0.39 is 0 Å². The van der Waals surface area contributed by atoms with Crippen molar-refractivity contribution in [3.63, 3.8) is 0 Å². The molecule has 0 aliphatic rings. The molecule has 6 heteroatoms. The third kappa shape index (κ3) is 22.4. The average Bonchev–Trinajstić information content (AvgIpc) is 2.56. The van der Waals surface area contributed by atoms with Crippen LogP contribution in [0.25, 0.3) is 0 Å². The molecule has 0 aromatic rings. The van der Waals surface area contributed by atoms with E-state index in [4.69, 9.17) is 0 Å². The van der Waals surface area contributed by atoms with Crippen LogP contribution in [0.1, 0.15) is 73.6 Å². The Balaban J connectivity index is -0.000000317. The van der Waals surface area contributed by atoms with E-state index in [-0.39, 0.29) is 11.8 Å². The Bertz CT molecular complexity index is 339. The van der Waals surface area contributed by atoms with E-state index in [9.17, 15) is 14.4 Å². The Morgan fingerprint density at radius 3 is 1.48 bits per heavy atom. The van der Waals surface area contributed by atoms with Crippen LogP contribution in [0.2, 0.25) is 0 Å². The molecule has 0 atom stereocenters. The minimum Gasteiger partial charge on any atom is -0.356 e. The van der Waals surface area contributed by atoms with Crippen molar-refractivity contribution in [2.75, 3.05) is 33.7 Å². The SMILES string of the molecule is CC(=O)N(C)C.CCCC(=O)N(CCC)CCC.CCNC(=O)CC. The third-order valence-corrected chi connectivity index (χ3v) is 3.13. The van der Waals surface area contributed by atoms with E-state index in [2.05, 4.69) is 19.2 Å². The summed E-state index contributed by atoms with van der Waals surface area (Å²) in [7, 11) is 3.45. The fraction of sp³-hybridized carbons (Fsp3) is 0.842. The van der Waals surface area contributed by atoms with Gasteiger partial charge in [-0.15, -0.1) is 0 Å². The van der Waals surface area contributed by atoms with E-state index in [0.717, 1.165) is 38.9 Å². The second-order valence-corrected chi connectivity index (χ2v) is 5.85. The predicted octanol–water partition coefficient (Wildman–Crippen LogP) is 3.06. The number of hydrogen-bond donors (Lipinski definition) is 1. The van der Waals surface area contributed by atoms with Gasteiger partial charge >= 0.3 is 0 Å². The minimum absolute atomic E-state index is 0.0926. The summed E-state index contributed by atoms with van der Waals surface area (Å²) in [6.07, 6.45) is 4.39. The molecule has 1 N–H and O–H groups in total. The smallest absolute Gasteiger partial charge is 0.222 e. The molecule has 0 unspecified atom stereocenters.